The first-order chi connectivity index (χ1) is 16.4. The Bertz CT molecular complexity index is 1390. The van der Waals surface area contributed by atoms with Crippen LogP contribution in [0.5, 0.6) is 0 Å². The summed E-state index contributed by atoms with van der Waals surface area (Å²) in [6.07, 6.45) is 2.40. The van der Waals surface area contributed by atoms with Gasteiger partial charge in [0.25, 0.3) is 5.91 Å². The van der Waals surface area contributed by atoms with Crippen LogP contribution in [0.25, 0.3) is 16.9 Å². The number of hydrogen-bond acceptors (Lipinski definition) is 3. The Kier molecular flexibility index (Phi) is 5.45. The molecule has 0 bridgehead atoms. The lowest BCUT2D eigenvalue weighted by molar-refractivity contribution is -0.116. The van der Waals surface area contributed by atoms with Crippen LogP contribution in [0, 0.1) is 12.7 Å². The zero-order valence-electron chi connectivity index (χ0n) is 18.9. The van der Waals surface area contributed by atoms with Crippen molar-refractivity contribution in [3.8, 4) is 16.9 Å². The Labute approximate surface area is 196 Å². The first-order valence-corrected chi connectivity index (χ1v) is 11.0. The van der Waals surface area contributed by atoms with Crippen LogP contribution in [0.1, 0.15) is 28.4 Å². The van der Waals surface area contributed by atoms with E-state index in [4.69, 9.17) is 0 Å². The highest BCUT2D eigenvalue weighted by atomic mass is 19.1. The molecule has 7 heteroatoms. The van der Waals surface area contributed by atoms with E-state index in [-0.39, 0.29) is 17.6 Å². The van der Waals surface area contributed by atoms with Gasteiger partial charge in [0.05, 0.1) is 11.3 Å². The quantitative estimate of drug-likeness (QED) is 0.464. The zero-order chi connectivity index (χ0) is 23.8. The number of nitrogens with one attached hydrogen (secondary N) is 1. The lowest BCUT2D eigenvalue weighted by Gasteiger charge is -2.15. The molecule has 1 N–H and O–H groups in total. The molecular weight excluding hydrogens is 431 g/mol. The van der Waals surface area contributed by atoms with Crippen LogP contribution in [0.15, 0.2) is 72.9 Å². The molecule has 1 aromatic heterocycles. The van der Waals surface area contributed by atoms with E-state index in [0.29, 0.717) is 29.2 Å². The molecule has 5 rings (SSSR count). The number of carbonyl (C=O) groups is 2. The van der Waals surface area contributed by atoms with Crippen LogP contribution in [0.4, 0.5) is 15.8 Å². The van der Waals surface area contributed by atoms with Gasteiger partial charge in [-0.25, -0.2) is 9.07 Å². The molecule has 0 aliphatic carbocycles. The molecule has 0 atom stereocenters. The van der Waals surface area contributed by atoms with Crippen molar-refractivity contribution >= 4 is 23.2 Å². The molecule has 34 heavy (non-hydrogen) atoms. The van der Waals surface area contributed by atoms with E-state index in [1.54, 1.807) is 40.9 Å². The first kappa shape index (κ1) is 21.6. The second-order valence-corrected chi connectivity index (χ2v) is 8.40. The molecule has 0 spiro atoms. The van der Waals surface area contributed by atoms with E-state index in [9.17, 15) is 14.0 Å². The molecule has 1 aliphatic heterocycles. The fourth-order valence-electron chi connectivity index (χ4n) is 4.20. The molecule has 170 valence electrons. The number of aryl methyl sites for hydroxylation is 1. The van der Waals surface area contributed by atoms with Crippen LogP contribution < -0.4 is 10.2 Å². The van der Waals surface area contributed by atoms with E-state index in [2.05, 4.69) is 10.4 Å². The highest BCUT2D eigenvalue weighted by Crippen LogP contribution is 2.31. The van der Waals surface area contributed by atoms with Gasteiger partial charge in [0, 0.05) is 36.6 Å². The smallest absolute Gasteiger partial charge is 0.259 e. The van der Waals surface area contributed by atoms with Crippen molar-refractivity contribution in [2.75, 3.05) is 16.8 Å². The third-order valence-corrected chi connectivity index (χ3v) is 5.99. The third kappa shape index (κ3) is 4.08. The molecule has 6 nitrogen and oxygen atoms in total. The summed E-state index contributed by atoms with van der Waals surface area (Å²) in [5.41, 5.74) is 6.05. The Balaban J connectivity index is 1.49. The van der Waals surface area contributed by atoms with Crippen molar-refractivity contribution < 1.29 is 14.0 Å². The van der Waals surface area contributed by atoms with Crippen LogP contribution in [-0.2, 0) is 11.2 Å². The Morgan fingerprint density at radius 1 is 1.00 bits per heavy atom. The van der Waals surface area contributed by atoms with Crippen LogP contribution >= 0.6 is 0 Å². The molecule has 0 saturated heterocycles. The van der Waals surface area contributed by atoms with E-state index in [1.807, 2.05) is 43.3 Å². The van der Waals surface area contributed by atoms with Gasteiger partial charge in [-0.1, -0.05) is 29.8 Å². The SMILES string of the molecule is CC(=O)N1CCc2cc(NC(=O)c3cn(-c4ccc(F)cc4)nc3-c3ccc(C)cc3)ccc21. The van der Waals surface area contributed by atoms with Crippen molar-refractivity contribution in [1.29, 1.82) is 0 Å². The molecule has 3 aromatic carbocycles. The number of hydrogen-bond donors (Lipinski definition) is 1. The van der Waals surface area contributed by atoms with Crippen LogP contribution in [-0.4, -0.2) is 28.1 Å². The molecule has 0 unspecified atom stereocenters. The van der Waals surface area contributed by atoms with Gasteiger partial charge in [-0.15, -0.1) is 0 Å². The van der Waals surface area contributed by atoms with Gasteiger partial charge in [-0.2, -0.15) is 5.10 Å². The van der Waals surface area contributed by atoms with E-state index in [0.717, 1.165) is 28.8 Å². The summed E-state index contributed by atoms with van der Waals surface area (Å²) in [6.45, 7) is 4.19. The summed E-state index contributed by atoms with van der Waals surface area (Å²) < 4.78 is 15.0. The average Bonchev–Trinajstić information content (AvgIpc) is 3.45. The molecule has 2 amide bonds. The predicted octanol–water partition coefficient (Wildman–Crippen LogP) is 5.15. The Hall–Kier alpha value is -4.26. The van der Waals surface area contributed by atoms with Gasteiger partial charge >= 0.3 is 0 Å². The monoisotopic (exact) mass is 454 g/mol. The minimum atomic E-state index is -0.340. The second-order valence-electron chi connectivity index (χ2n) is 8.40. The number of halogens is 1. The van der Waals surface area contributed by atoms with Crippen molar-refractivity contribution in [3.63, 3.8) is 0 Å². The minimum Gasteiger partial charge on any atom is -0.322 e. The molecule has 0 fully saturated rings. The normalized spacial score (nSPS) is 12.5. The maximum Gasteiger partial charge on any atom is 0.259 e. The lowest BCUT2D eigenvalue weighted by Crippen LogP contribution is -2.25. The highest BCUT2D eigenvalue weighted by Gasteiger charge is 2.23. The number of aromatic nitrogens is 2. The van der Waals surface area contributed by atoms with Gasteiger partial charge in [-0.05, 0) is 61.4 Å². The number of fused-ring (bicyclic) bond motifs is 1. The van der Waals surface area contributed by atoms with Crippen molar-refractivity contribution in [2.24, 2.45) is 0 Å². The lowest BCUT2D eigenvalue weighted by atomic mass is 10.1. The summed E-state index contributed by atoms with van der Waals surface area (Å²) in [6, 6.07) is 19.3. The number of benzene rings is 3. The van der Waals surface area contributed by atoms with Crippen molar-refractivity contribution in [1.82, 2.24) is 9.78 Å². The van der Waals surface area contributed by atoms with Gasteiger partial charge < -0.3 is 10.2 Å². The fraction of sp³-hybridized carbons (Fsp3) is 0.148. The summed E-state index contributed by atoms with van der Waals surface area (Å²) in [5.74, 6) is -0.635. The summed E-state index contributed by atoms with van der Waals surface area (Å²) in [5, 5.41) is 7.62. The Morgan fingerprint density at radius 2 is 1.74 bits per heavy atom. The number of carbonyl (C=O) groups excluding carboxylic acids is 2. The fourth-order valence-corrected chi connectivity index (χ4v) is 4.20. The number of nitrogens with zero attached hydrogens (tertiary/aromatic N) is 3. The predicted molar refractivity (Wildman–Crippen MR) is 130 cm³/mol. The second kappa shape index (κ2) is 8.59. The molecule has 2 heterocycles. The molecular formula is C27H23FN4O2. The number of amides is 2. The zero-order valence-corrected chi connectivity index (χ0v) is 18.9. The van der Waals surface area contributed by atoms with Crippen LogP contribution in [0.3, 0.4) is 0 Å². The molecule has 4 aromatic rings. The first-order valence-electron chi connectivity index (χ1n) is 11.0. The van der Waals surface area contributed by atoms with Gasteiger partial charge in [0.2, 0.25) is 5.91 Å². The van der Waals surface area contributed by atoms with Gasteiger partial charge in [0.1, 0.15) is 11.5 Å². The highest BCUT2D eigenvalue weighted by molar-refractivity contribution is 6.08. The van der Waals surface area contributed by atoms with Crippen LogP contribution in [0.2, 0.25) is 0 Å². The summed E-state index contributed by atoms with van der Waals surface area (Å²) in [4.78, 5) is 26.9. The minimum absolute atomic E-state index is 0.00600. The number of rotatable bonds is 4. The Morgan fingerprint density at radius 3 is 2.44 bits per heavy atom. The van der Waals surface area contributed by atoms with Crippen molar-refractivity contribution in [3.05, 3.63) is 95.4 Å². The summed E-state index contributed by atoms with van der Waals surface area (Å²) >= 11 is 0. The van der Waals surface area contributed by atoms with Gasteiger partial charge in [-0.3, -0.25) is 9.59 Å². The van der Waals surface area contributed by atoms with Gasteiger partial charge in [0.15, 0.2) is 0 Å². The molecule has 1 aliphatic rings. The largest absolute Gasteiger partial charge is 0.322 e. The van der Waals surface area contributed by atoms with E-state index >= 15 is 0 Å². The maximum absolute atomic E-state index is 13.4. The topological polar surface area (TPSA) is 67.2 Å². The number of anilines is 2. The average molecular weight is 455 g/mol. The third-order valence-electron chi connectivity index (χ3n) is 5.99. The maximum atomic E-state index is 13.4. The van der Waals surface area contributed by atoms with E-state index < -0.39 is 0 Å². The van der Waals surface area contributed by atoms with E-state index in [1.165, 1.54) is 12.1 Å². The summed E-state index contributed by atoms with van der Waals surface area (Å²) in [7, 11) is 0. The standard InChI is InChI=1S/C27H23FN4O2/c1-17-3-5-19(6-4-17)26-24(16-32(30-26)23-10-7-21(28)8-11-23)27(34)29-22-9-12-25-20(15-22)13-14-31(25)18(2)33/h3-12,15-16H,13-14H2,1-2H3,(H,29,34). The molecule has 0 saturated carbocycles. The van der Waals surface area contributed by atoms with Crippen molar-refractivity contribution in [2.45, 2.75) is 20.3 Å². The molecule has 0 radical (unpaired) electrons.